The molecule has 0 bridgehead atoms. The maximum absolute atomic E-state index is 3.51. The van der Waals surface area contributed by atoms with Gasteiger partial charge in [0.15, 0.2) is 0 Å². The zero-order valence-corrected chi connectivity index (χ0v) is 4.71. The van der Waals surface area contributed by atoms with Gasteiger partial charge in [0.25, 0.3) is 0 Å². The summed E-state index contributed by atoms with van der Waals surface area (Å²) < 4.78 is 0. The van der Waals surface area contributed by atoms with Crippen molar-refractivity contribution in [1.29, 1.82) is 0 Å². The van der Waals surface area contributed by atoms with Crippen LogP contribution in [0.25, 0.3) is 0 Å². The van der Waals surface area contributed by atoms with Gasteiger partial charge in [0.1, 0.15) is 0 Å². The first-order valence-corrected chi connectivity index (χ1v) is 2.10. The maximum atomic E-state index is 3.51. The molecular formula is C6H11. The molecule has 0 aromatic heterocycles. The third-order valence-corrected chi connectivity index (χ3v) is 0.530. The Bertz CT molecular complexity index is 29.8. The van der Waals surface area contributed by atoms with E-state index in [9.17, 15) is 0 Å². The Labute approximate surface area is 40.6 Å². The highest BCUT2D eigenvalue weighted by atomic mass is 14.1. The lowest BCUT2D eigenvalue weighted by Crippen LogP contribution is -2.01. The highest BCUT2D eigenvalue weighted by molar-refractivity contribution is 4.81. The van der Waals surface area contributed by atoms with Gasteiger partial charge in [0.2, 0.25) is 0 Å². The highest BCUT2D eigenvalue weighted by Gasteiger charge is 2.04. The SMILES string of the molecule is [CH2][C]C(C)(C)C. The van der Waals surface area contributed by atoms with Crippen molar-refractivity contribution in [2.75, 3.05) is 0 Å². The van der Waals surface area contributed by atoms with Crippen LogP contribution in [-0.4, -0.2) is 0 Å². The molecule has 0 atom stereocenters. The van der Waals surface area contributed by atoms with Crippen LogP contribution in [0.3, 0.4) is 0 Å². The first-order chi connectivity index (χ1) is 2.56. The van der Waals surface area contributed by atoms with Crippen LogP contribution < -0.4 is 0 Å². The first kappa shape index (κ1) is 6.00. The molecular weight excluding hydrogens is 72.1 g/mol. The summed E-state index contributed by atoms with van der Waals surface area (Å²) in [5.74, 6) is 0. The average molecular weight is 83.2 g/mol. The molecule has 0 nitrogen and oxygen atoms in total. The Hall–Kier alpha value is 0. The molecule has 0 rings (SSSR count). The monoisotopic (exact) mass is 83.1 g/mol. The molecule has 0 fully saturated rings. The van der Waals surface area contributed by atoms with Crippen LogP contribution in [0.15, 0.2) is 0 Å². The van der Waals surface area contributed by atoms with Gasteiger partial charge in [-0.3, -0.25) is 0 Å². The van der Waals surface area contributed by atoms with Crippen LogP contribution in [0.1, 0.15) is 20.8 Å². The molecule has 0 aliphatic carbocycles. The lowest BCUT2D eigenvalue weighted by atomic mass is 9.94. The van der Waals surface area contributed by atoms with E-state index in [1.807, 2.05) is 0 Å². The summed E-state index contributed by atoms with van der Waals surface area (Å²) in [6.45, 7) is 9.72. The van der Waals surface area contributed by atoms with Gasteiger partial charge in [0.05, 0.1) is 0 Å². The van der Waals surface area contributed by atoms with E-state index in [0.717, 1.165) is 0 Å². The molecule has 0 aliphatic rings. The van der Waals surface area contributed by atoms with Gasteiger partial charge in [-0.1, -0.05) is 20.8 Å². The minimum Gasteiger partial charge on any atom is -0.0596 e. The van der Waals surface area contributed by atoms with E-state index < -0.39 is 0 Å². The smallest absolute Gasteiger partial charge is 0.0114 e. The first-order valence-electron chi connectivity index (χ1n) is 2.10. The topological polar surface area (TPSA) is 0 Å². The molecule has 0 aliphatic heterocycles. The van der Waals surface area contributed by atoms with Crippen molar-refractivity contribution < 1.29 is 0 Å². The number of rotatable bonds is 0. The van der Waals surface area contributed by atoms with E-state index in [4.69, 9.17) is 0 Å². The van der Waals surface area contributed by atoms with Gasteiger partial charge in [0, 0.05) is 0 Å². The second-order valence-electron chi connectivity index (χ2n) is 2.43. The van der Waals surface area contributed by atoms with Crippen LogP contribution in [0, 0.1) is 18.8 Å². The summed E-state index contributed by atoms with van der Waals surface area (Å²) in [5, 5.41) is 0. The fourth-order valence-electron chi connectivity index (χ4n) is 0. The lowest BCUT2D eigenvalue weighted by Gasteiger charge is -2.11. The Morgan fingerprint density at radius 2 is 1.50 bits per heavy atom. The molecule has 0 heteroatoms. The zero-order chi connectivity index (χ0) is 5.21. The third kappa shape index (κ3) is 4.00. The molecule has 3 radical (unpaired) electrons. The zero-order valence-electron chi connectivity index (χ0n) is 4.71. The molecule has 0 heterocycles. The Morgan fingerprint density at radius 3 is 1.50 bits per heavy atom. The van der Waals surface area contributed by atoms with E-state index in [1.54, 1.807) is 0 Å². The average Bonchev–Trinajstić information content (AvgIpc) is 1.35. The van der Waals surface area contributed by atoms with Crippen molar-refractivity contribution in [2.45, 2.75) is 20.8 Å². The van der Waals surface area contributed by atoms with Crippen LogP contribution in [-0.2, 0) is 0 Å². The normalized spacial score (nSPS) is 12.0. The molecule has 6 heavy (non-hydrogen) atoms. The summed E-state index contributed by atoms with van der Waals surface area (Å²) >= 11 is 0. The fraction of sp³-hybridized carbons (Fsp3) is 0.667. The predicted octanol–water partition coefficient (Wildman–Crippen LogP) is 1.95. The minimum absolute atomic E-state index is 0.181. The molecule has 0 amide bonds. The summed E-state index contributed by atoms with van der Waals surface area (Å²) in [7, 11) is 0. The fourth-order valence-corrected chi connectivity index (χ4v) is 0. The second kappa shape index (κ2) is 1.63. The standard InChI is InChI=1S/C6H11/c1-5-6(2,3)4/h1H2,2-4H3. The minimum atomic E-state index is 0.181. The van der Waals surface area contributed by atoms with Gasteiger partial charge < -0.3 is 0 Å². The van der Waals surface area contributed by atoms with Gasteiger partial charge >= 0.3 is 0 Å². The summed E-state index contributed by atoms with van der Waals surface area (Å²) in [6.07, 6.45) is 2.85. The van der Waals surface area contributed by atoms with Crippen LogP contribution in [0.2, 0.25) is 0 Å². The summed E-state index contributed by atoms with van der Waals surface area (Å²) in [6, 6.07) is 0. The van der Waals surface area contributed by atoms with E-state index >= 15 is 0 Å². The van der Waals surface area contributed by atoms with Gasteiger partial charge in [-0.15, -0.1) is 0 Å². The van der Waals surface area contributed by atoms with Crippen molar-refractivity contribution in [3.63, 3.8) is 0 Å². The molecule has 0 unspecified atom stereocenters. The number of hydrogen-bond donors (Lipinski definition) is 0. The van der Waals surface area contributed by atoms with Crippen molar-refractivity contribution >= 4 is 0 Å². The van der Waals surface area contributed by atoms with Crippen LogP contribution >= 0.6 is 0 Å². The van der Waals surface area contributed by atoms with Crippen LogP contribution in [0.5, 0.6) is 0 Å². The molecule has 0 spiro atoms. The quantitative estimate of drug-likeness (QED) is 0.420. The van der Waals surface area contributed by atoms with E-state index in [0.29, 0.717) is 0 Å². The second-order valence-corrected chi connectivity index (χ2v) is 2.43. The Morgan fingerprint density at radius 1 is 1.33 bits per heavy atom. The van der Waals surface area contributed by atoms with E-state index in [1.165, 1.54) is 0 Å². The molecule has 0 N–H and O–H groups in total. The third-order valence-electron chi connectivity index (χ3n) is 0.530. The molecule has 0 saturated heterocycles. The van der Waals surface area contributed by atoms with Crippen molar-refractivity contribution in [1.82, 2.24) is 0 Å². The van der Waals surface area contributed by atoms with Crippen molar-refractivity contribution in [2.24, 2.45) is 5.41 Å². The van der Waals surface area contributed by atoms with Crippen LogP contribution in [0.4, 0.5) is 0 Å². The maximum Gasteiger partial charge on any atom is -0.0114 e. The Balaban J connectivity index is 3.17. The molecule has 35 valence electrons. The largest absolute Gasteiger partial charge is 0.0596 e. The summed E-state index contributed by atoms with van der Waals surface area (Å²) in [5.41, 5.74) is 0.181. The summed E-state index contributed by atoms with van der Waals surface area (Å²) in [4.78, 5) is 0. The lowest BCUT2D eigenvalue weighted by molar-refractivity contribution is 0.509. The number of hydrogen-bond acceptors (Lipinski definition) is 0. The predicted molar refractivity (Wildman–Crippen MR) is 28.1 cm³/mol. The molecule has 0 saturated carbocycles. The van der Waals surface area contributed by atoms with E-state index in [-0.39, 0.29) is 5.41 Å². The van der Waals surface area contributed by atoms with Gasteiger partial charge in [-0.2, -0.15) is 0 Å². The Kier molecular flexibility index (Phi) is 1.63. The van der Waals surface area contributed by atoms with E-state index in [2.05, 4.69) is 34.1 Å². The van der Waals surface area contributed by atoms with Gasteiger partial charge in [-0.25, -0.2) is 0 Å². The van der Waals surface area contributed by atoms with Crippen molar-refractivity contribution in [3.8, 4) is 0 Å². The molecule has 0 aromatic rings. The van der Waals surface area contributed by atoms with Crippen molar-refractivity contribution in [3.05, 3.63) is 13.3 Å². The molecule has 0 aromatic carbocycles. The van der Waals surface area contributed by atoms with Gasteiger partial charge in [-0.05, 0) is 18.8 Å². The highest BCUT2D eigenvalue weighted by Crippen LogP contribution is 2.14.